The smallest absolute Gasteiger partial charge is 0.161 e. The number of aliphatic hydroxyl groups is 1. The zero-order chi connectivity index (χ0) is 16.8. The number of methoxy groups -OCH3 is 2. The number of benzene rings is 1. The first-order valence-electron chi connectivity index (χ1n) is 8.34. The Kier molecular flexibility index (Phi) is 6.69. The van der Waals surface area contributed by atoms with Gasteiger partial charge in [-0.2, -0.15) is 0 Å². The van der Waals surface area contributed by atoms with Gasteiger partial charge in [0.25, 0.3) is 0 Å². The van der Waals surface area contributed by atoms with Crippen molar-refractivity contribution < 1.29 is 14.6 Å². The van der Waals surface area contributed by atoms with Gasteiger partial charge in [0, 0.05) is 12.6 Å². The van der Waals surface area contributed by atoms with Crippen molar-refractivity contribution >= 4 is 0 Å². The molecular weight excluding hydrogens is 292 g/mol. The Hall–Kier alpha value is -1.30. The molecule has 0 bridgehead atoms. The minimum absolute atomic E-state index is 0.483. The molecule has 5 heteroatoms. The first-order valence-corrected chi connectivity index (χ1v) is 8.34. The van der Waals surface area contributed by atoms with E-state index in [9.17, 15) is 5.11 Å². The molecule has 1 saturated heterocycles. The van der Waals surface area contributed by atoms with E-state index in [2.05, 4.69) is 23.9 Å². The molecule has 0 aromatic heterocycles. The van der Waals surface area contributed by atoms with Crippen LogP contribution in [0.5, 0.6) is 11.5 Å². The van der Waals surface area contributed by atoms with E-state index < -0.39 is 6.10 Å². The molecule has 1 aromatic rings. The van der Waals surface area contributed by atoms with Gasteiger partial charge in [-0.05, 0) is 64.1 Å². The standard InChI is InChI=1S/C18H30N2O3/c1-19-10-7-15(8-11-19)20(2)12-9-16(21)14-5-6-17(22-3)18(13-14)23-4/h5-6,13,15-16,21H,7-12H2,1-4H3. The molecule has 23 heavy (non-hydrogen) atoms. The predicted molar refractivity (Wildman–Crippen MR) is 92.3 cm³/mol. The zero-order valence-corrected chi connectivity index (χ0v) is 14.8. The highest BCUT2D eigenvalue weighted by Gasteiger charge is 2.21. The summed E-state index contributed by atoms with van der Waals surface area (Å²) in [5.74, 6) is 1.35. The maximum Gasteiger partial charge on any atom is 0.161 e. The Morgan fingerprint density at radius 3 is 2.48 bits per heavy atom. The number of piperidine rings is 1. The number of hydrogen-bond acceptors (Lipinski definition) is 5. The number of aliphatic hydroxyl groups excluding tert-OH is 1. The molecule has 1 aliphatic heterocycles. The Balaban J connectivity index is 1.87. The van der Waals surface area contributed by atoms with E-state index in [4.69, 9.17) is 9.47 Å². The maximum absolute atomic E-state index is 10.5. The molecule has 1 aromatic carbocycles. The molecule has 0 aliphatic carbocycles. The highest BCUT2D eigenvalue weighted by Crippen LogP contribution is 2.31. The van der Waals surface area contributed by atoms with Crippen LogP contribution in [0.3, 0.4) is 0 Å². The second-order valence-corrected chi connectivity index (χ2v) is 6.43. The molecule has 1 N–H and O–H groups in total. The second kappa shape index (κ2) is 8.52. The van der Waals surface area contributed by atoms with E-state index in [1.54, 1.807) is 14.2 Å². The molecule has 1 atom stereocenters. The first-order chi connectivity index (χ1) is 11.0. The Bertz CT molecular complexity index is 487. The molecule has 5 nitrogen and oxygen atoms in total. The largest absolute Gasteiger partial charge is 0.493 e. The number of nitrogens with zero attached hydrogens (tertiary/aromatic N) is 2. The van der Waals surface area contributed by atoms with Gasteiger partial charge in [-0.15, -0.1) is 0 Å². The van der Waals surface area contributed by atoms with Crippen molar-refractivity contribution in [3.05, 3.63) is 23.8 Å². The Labute approximate surface area is 139 Å². The second-order valence-electron chi connectivity index (χ2n) is 6.43. The summed E-state index contributed by atoms with van der Waals surface area (Å²) in [5.41, 5.74) is 0.874. The van der Waals surface area contributed by atoms with Crippen molar-refractivity contribution in [3.8, 4) is 11.5 Å². The van der Waals surface area contributed by atoms with Gasteiger partial charge in [0.1, 0.15) is 0 Å². The lowest BCUT2D eigenvalue weighted by atomic mass is 10.0. The zero-order valence-electron chi connectivity index (χ0n) is 14.8. The third-order valence-electron chi connectivity index (χ3n) is 4.86. The summed E-state index contributed by atoms with van der Waals surface area (Å²) < 4.78 is 10.5. The minimum Gasteiger partial charge on any atom is -0.493 e. The molecule has 130 valence electrons. The highest BCUT2D eigenvalue weighted by atomic mass is 16.5. The van der Waals surface area contributed by atoms with Gasteiger partial charge in [-0.25, -0.2) is 0 Å². The van der Waals surface area contributed by atoms with Gasteiger partial charge >= 0.3 is 0 Å². The minimum atomic E-state index is -0.483. The van der Waals surface area contributed by atoms with Crippen LogP contribution in [-0.4, -0.2) is 68.9 Å². The van der Waals surface area contributed by atoms with Crippen LogP contribution in [0.25, 0.3) is 0 Å². The van der Waals surface area contributed by atoms with Crippen LogP contribution in [0.4, 0.5) is 0 Å². The van der Waals surface area contributed by atoms with Crippen LogP contribution in [0, 0.1) is 0 Å². The number of rotatable bonds is 7. The first kappa shape index (κ1) is 18.0. The van der Waals surface area contributed by atoms with Gasteiger partial charge in [-0.3, -0.25) is 0 Å². The van der Waals surface area contributed by atoms with Crippen molar-refractivity contribution in [2.24, 2.45) is 0 Å². The molecule has 0 saturated carbocycles. The van der Waals surface area contributed by atoms with E-state index in [1.165, 1.54) is 12.8 Å². The van der Waals surface area contributed by atoms with E-state index in [0.717, 1.165) is 31.6 Å². The van der Waals surface area contributed by atoms with Crippen LogP contribution in [-0.2, 0) is 0 Å². The summed E-state index contributed by atoms with van der Waals surface area (Å²) >= 11 is 0. The van der Waals surface area contributed by atoms with Crippen LogP contribution < -0.4 is 9.47 Å². The normalized spacial score (nSPS) is 18.2. The predicted octanol–water partition coefficient (Wildman–Crippen LogP) is 2.15. The van der Waals surface area contributed by atoms with Crippen molar-refractivity contribution in [1.82, 2.24) is 9.80 Å². The summed E-state index contributed by atoms with van der Waals surface area (Å²) in [6, 6.07) is 6.24. The Morgan fingerprint density at radius 1 is 1.22 bits per heavy atom. The molecule has 0 amide bonds. The molecule has 0 spiro atoms. The molecular formula is C18H30N2O3. The van der Waals surface area contributed by atoms with E-state index in [1.807, 2.05) is 18.2 Å². The van der Waals surface area contributed by atoms with Crippen LogP contribution >= 0.6 is 0 Å². The summed E-state index contributed by atoms with van der Waals surface area (Å²) in [5, 5.41) is 10.5. The van der Waals surface area contributed by atoms with E-state index >= 15 is 0 Å². The molecule has 1 heterocycles. The fourth-order valence-electron chi connectivity index (χ4n) is 3.17. The quantitative estimate of drug-likeness (QED) is 0.833. The lowest BCUT2D eigenvalue weighted by Gasteiger charge is -2.35. The van der Waals surface area contributed by atoms with E-state index in [0.29, 0.717) is 17.5 Å². The van der Waals surface area contributed by atoms with Gasteiger partial charge in [0.15, 0.2) is 11.5 Å². The SMILES string of the molecule is COc1ccc(C(O)CCN(C)C2CCN(C)CC2)cc1OC. The van der Waals surface area contributed by atoms with Gasteiger partial charge in [-0.1, -0.05) is 6.07 Å². The summed E-state index contributed by atoms with van der Waals surface area (Å²) in [4.78, 5) is 4.76. The average molecular weight is 322 g/mol. The molecule has 1 aliphatic rings. The molecule has 0 radical (unpaired) electrons. The van der Waals surface area contributed by atoms with Crippen molar-refractivity contribution in [2.75, 3.05) is 47.9 Å². The topological polar surface area (TPSA) is 45.2 Å². The lowest BCUT2D eigenvalue weighted by Crippen LogP contribution is -2.42. The van der Waals surface area contributed by atoms with Crippen LogP contribution in [0.1, 0.15) is 30.9 Å². The third-order valence-corrected chi connectivity index (χ3v) is 4.86. The molecule has 1 unspecified atom stereocenters. The van der Waals surface area contributed by atoms with Crippen molar-refractivity contribution in [3.63, 3.8) is 0 Å². The summed E-state index contributed by atoms with van der Waals surface area (Å²) in [6.07, 6.45) is 2.65. The van der Waals surface area contributed by atoms with Crippen molar-refractivity contribution in [2.45, 2.75) is 31.4 Å². The average Bonchev–Trinajstić information content (AvgIpc) is 2.59. The van der Waals surface area contributed by atoms with Gasteiger partial charge in [0.05, 0.1) is 20.3 Å². The van der Waals surface area contributed by atoms with Crippen LogP contribution in [0.15, 0.2) is 18.2 Å². The highest BCUT2D eigenvalue weighted by molar-refractivity contribution is 5.43. The number of likely N-dealkylation sites (tertiary alicyclic amines) is 1. The fraction of sp³-hybridized carbons (Fsp3) is 0.667. The molecule has 1 fully saturated rings. The summed E-state index contributed by atoms with van der Waals surface area (Å²) in [6.45, 7) is 3.21. The third kappa shape index (κ3) is 4.83. The lowest BCUT2D eigenvalue weighted by molar-refractivity contribution is 0.110. The summed E-state index contributed by atoms with van der Waals surface area (Å²) in [7, 11) is 7.57. The van der Waals surface area contributed by atoms with E-state index in [-0.39, 0.29) is 0 Å². The Morgan fingerprint density at radius 2 is 1.87 bits per heavy atom. The number of hydrogen-bond donors (Lipinski definition) is 1. The number of ether oxygens (including phenoxy) is 2. The monoisotopic (exact) mass is 322 g/mol. The van der Waals surface area contributed by atoms with Gasteiger partial charge in [0.2, 0.25) is 0 Å². The van der Waals surface area contributed by atoms with Crippen LogP contribution in [0.2, 0.25) is 0 Å². The maximum atomic E-state index is 10.5. The molecule has 2 rings (SSSR count). The van der Waals surface area contributed by atoms with Gasteiger partial charge < -0.3 is 24.4 Å². The van der Waals surface area contributed by atoms with Crippen molar-refractivity contribution in [1.29, 1.82) is 0 Å². The fourth-order valence-corrected chi connectivity index (χ4v) is 3.17.